The highest BCUT2D eigenvalue weighted by atomic mass is 16.6. The molecular weight excluding hydrogens is 274 g/mol. The van der Waals surface area contributed by atoms with Crippen LogP contribution in [0.1, 0.15) is 52.6 Å². The molecular formula is C19H29NO2. The van der Waals surface area contributed by atoms with Gasteiger partial charge in [0.05, 0.1) is 6.42 Å². The second-order valence-electron chi connectivity index (χ2n) is 6.71. The number of benzene rings is 1. The van der Waals surface area contributed by atoms with Crippen molar-refractivity contribution in [3.8, 4) is 0 Å². The van der Waals surface area contributed by atoms with Crippen molar-refractivity contribution in [3.63, 3.8) is 0 Å². The Hall–Kier alpha value is -1.61. The molecule has 0 aliphatic carbocycles. The maximum atomic E-state index is 12.1. The lowest BCUT2D eigenvalue weighted by molar-refractivity contribution is -0.156. The van der Waals surface area contributed by atoms with Crippen LogP contribution in [0.5, 0.6) is 0 Å². The van der Waals surface area contributed by atoms with Crippen molar-refractivity contribution in [2.75, 3.05) is 6.54 Å². The fourth-order valence-corrected chi connectivity index (χ4v) is 2.53. The molecule has 22 heavy (non-hydrogen) atoms. The van der Waals surface area contributed by atoms with E-state index in [-0.39, 0.29) is 18.1 Å². The summed E-state index contributed by atoms with van der Waals surface area (Å²) in [6.07, 6.45) is 2.26. The molecule has 0 N–H and O–H groups in total. The van der Waals surface area contributed by atoms with Gasteiger partial charge in [0, 0.05) is 18.6 Å². The summed E-state index contributed by atoms with van der Waals surface area (Å²) in [4.78, 5) is 14.3. The van der Waals surface area contributed by atoms with Crippen molar-refractivity contribution in [2.24, 2.45) is 0 Å². The predicted molar refractivity (Wildman–Crippen MR) is 91.7 cm³/mol. The highest BCUT2D eigenvalue weighted by molar-refractivity contribution is 5.70. The van der Waals surface area contributed by atoms with Crippen molar-refractivity contribution in [1.82, 2.24) is 4.90 Å². The lowest BCUT2D eigenvalue weighted by atomic mass is 10.0. The molecule has 1 aromatic rings. The Morgan fingerprint density at radius 1 is 1.27 bits per heavy atom. The van der Waals surface area contributed by atoms with Crippen LogP contribution in [0.25, 0.3) is 0 Å². The van der Waals surface area contributed by atoms with E-state index in [1.54, 1.807) is 0 Å². The molecule has 122 valence electrons. The van der Waals surface area contributed by atoms with Crippen LogP contribution < -0.4 is 0 Å². The second-order valence-corrected chi connectivity index (χ2v) is 6.71. The van der Waals surface area contributed by atoms with Gasteiger partial charge in [0.2, 0.25) is 0 Å². The van der Waals surface area contributed by atoms with Gasteiger partial charge in [-0.25, -0.2) is 0 Å². The Morgan fingerprint density at radius 3 is 2.36 bits per heavy atom. The van der Waals surface area contributed by atoms with Crippen molar-refractivity contribution in [1.29, 1.82) is 0 Å². The van der Waals surface area contributed by atoms with E-state index in [9.17, 15) is 4.79 Å². The van der Waals surface area contributed by atoms with Crippen LogP contribution >= 0.6 is 0 Å². The zero-order valence-corrected chi connectivity index (χ0v) is 14.5. The van der Waals surface area contributed by atoms with Gasteiger partial charge in [0.15, 0.2) is 0 Å². The van der Waals surface area contributed by atoms with E-state index in [2.05, 4.69) is 37.5 Å². The van der Waals surface area contributed by atoms with E-state index in [0.717, 1.165) is 6.54 Å². The summed E-state index contributed by atoms with van der Waals surface area (Å²) in [5, 5.41) is 0. The molecule has 0 radical (unpaired) electrons. The first kappa shape index (κ1) is 18.4. The second kappa shape index (κ2) is 8.14. The smallest absolute Gasteiger partial charge is 0.307 e. The number of rotatable bonds is 7. The largest absolute Gasteiger partial charge is 0.460 e. The maximum absolute atomic E-state index is 12.1. The van der Waals surface area contributed by atoms with Crippen LogP contribution in [0.3, 0.4) is 0 Å². The molecule has 2 atom stereocenters. The van der Waals surface area contributed by atoms with E-state index in [1.807, 2.05) is 45.0 Å². The van der Waals surface area contributed by atoms with Gasteiger partial charge in [-0.2, -0.15) is 0 Å². The number of carbonyl (C=O) groups is 1. The van der Waals surface area contributed by atoms with Crippen LogP contribution in [0, 0.1) is 0 Å². The third-order valence-electron chi connectivity index (χ3n) is 3.57. The van der Waals surface area contributed by atoms with Crippen LogP contribution in [-0.2, 0) is 9.53 Å². The highest BCUT2D eigenvalue weighted by Gasteiger charge is 2.25. The van der Waals surface area contributed by atoms with Crippen LogP contribution in [0.2, 0.25) is 0 Å². The number of esters is 1. The minimum Gasteiger partial charge on any atom is -0.460 e. The van der Waals surface area contributed by atoms with Gasteiger partial charge in [-0.1, -0.05) is 36.4 Å². The Kier molecular flexibility index (Phi) is 6.82. The fraction of sp³-hybridized carbons (Fsp3) is 0.526. The van der Waals surface area contributed by atoms with Crippen molar-refractivity contribution < 1.29 is 9.53 Å². The topological polar surface area (TPSA) is 29.5 Å². The Balaban J connectivity index is 2.77. The van der Waals surface area contributed by atoms with Gasteiger partial charge in [0.1, 0.15) is 5.60 Å². The Morgan fingerprint density at radius 2 is 1.86 bits per heavy atom. The zero-order valence-electron chi connectivity index (χ0n) is 14.5. The Labute approximate surface area is 135 Å². The number of hydrogen-bond acceptors (Lipinski definition) is 3. The van der Waals surface area contributed by atoms with Crippen molar-refractivity contribution in [2.45, 2.75) is 58.7 Å². The Bertz CT molecular complexity index is 476. The van der Waals surface area contributed by atoms with E-state index < -0.39 is 5.60 Å². The van der Waals surface area contributed by atoms with Gasteiger partial charge in [-0.15, -0.1) is 6.58 Å². The maximum Gasteiger partial charge on any atom is 0.307 e. The quantitative estimate of drug-likeness (QED) is 0.554. The van der Waals surface area contributed by atoms with Gasteiger partial charge >= 0.3 is 5.97 Å². The van der Waals surface area contributed by atoms with Gasteiger partial charge in [-0.3, -0.25) is 9.69 Å². The van der Waals surface area contributed by atoms with Gasteiger partial charge in [0.25, 0.3) is 0 Å². The molecule has 0 aliphatic rings. The minimum atomic E-state index is -0.439. The standard InChI is InChI=1S/C19H29NO2/c1-7-13-20(16(3)17-11-9-8-10-12-17)15(2)14-18(21)22-19(4,5)6/h7-12,15-16H,1,13-14H2,2-6H3/t15-,16?/m0/s1. The van der Waals surface area contributed by atoms with E-state index in [0.29, 0.717) is 6.42 Å². The van der Waals surface area contributed by atoms with Crippen LogP contribution in [0.15, 0.2) is 43.0 Å². The average molecular weight is 303 g/mol. The highest BCUT2D eigenvalue weighted by Crippen LogP contribution is 2.24. The SMILES string of the molecule is C=CCN(C(C)c1ccccc1)[C@@H](C)CC(=O)OC(C)(C)C. The molecule has 0 amide bonds. The molecule has 0 saturated heterocycles. The number of carbonyl (C=O) groups excluding carboxylic acids is 1. The minimum absolute atomic E-state index is 0.0862. The summed E-state index contributed by atoms with van der Waals surface area (Å²) in [6.45, 7) is 14.5. The van der Waals surface area contributed by atoms with E-state index in [4.69, 9.17) is 4.74 Å². The third-order valence-corrected chi connectivity index (χ3v) is 3.57. The molecule has 3 heteroatoms. The number of hydrogen-bond donors (Lipinski definition) is 0. The van der Waals surface area contributed by atoms with E-state index >= 15 is 0 Å². The summed E-state index contributed by atoms with van der Waals surface area (Å²) < 4.78 is 5.43. The molecule has 0 spiro atoms. The molecule has 0 aliphatic heterocycles. The lowest BCUT2D eigenvalue weighted by Crippen LogP contribution is -2.38. The summed E-state index contributed by atoms with van der Waals surface area (Å²) in [5.41, 5.74) is 0.797. The number of ether oxygens (including phenoxy) is 1. The van der Waals surface area contributed by atoms with Crippen molar-refractivity contribution >= 4 is 5.97 Å². The molecule has 0 bridgehead atoms. The molecule has 1 aromatic carbocycles. The summed E-state index contributed by atoms with van der Waals surface area (Å²) >= 11 is 0. The van der Waals surface area contributed by atoms with Crippen LogP contribution in [-0.4, -0.2) is 29.1 Å². The molecule has 0 saturated carbocycles. The first-order chi connectivity index (χ1) is 10.2. The molecule has 1 unspecified atom stereocenters. The predicted octanol–water partition coefficient (Wildman–Crippen LogP) is 4.36. The average Bonchev–Trinajstić information content (AvgIpc) is 2.42. The number of nitrogens with zero attached hydrogens (tertiary/aromatic N) is 1. The summed E-state index contributed by atoms with van der Waals surface area (Å²) in [6, 6.07) is 10.6. The van der Waals surface area contributed by atoms with Gasteiger partial charge < -0.3 is 4.74 Å². The molecule has 0 heterocycles. The van der Waals surface area contributed by atoms with E-state index in [1.165, 1.54) is 5.56 Å². The molecule has 0 fully saturated rings. The lowest BCUT2D eigenvalue weighted by Gasteiger charge is -2.34. The summed E-state index contributed by atoms with van der Waals surface area (Å²) in [7, 11) is 0. The summed E-state index contributed by atoms with van der Waals surface area (Å²) in [5.74, 6) is -0.158. The molecule has 1 rings (SSSR count). The molecule has 3 nitrogen and oxygen atoms in total. The van der Waals surface area contributed by atoms with Crippen LogP contribution in [0.4, 0.5) is 0 Å². The third kappa shape index (κ3) is 6.02. The van der Waals surface area contributed by atoms with Crippen molar-refractivity contribution in [3.05, 3.63) is 48.6 Å². The fourth-order valence-electron chi connectivity index (χ4n) is 2.53. The first-order valence-corrected chi connectivity index (χ1v) is 7.88. The first-order valence-electron chi connectivity index (χ1n) is 7.88. The monoisotopic (exact) mass is 303 g/mol. The zero-order chi connectivity index (χ0) is 16.8. The normalized spacial score (nSPS) is 14.5. The molecule has 0 aromatic heterocycles. The van der Waals surface area contributed by atoms with Gasteiger partial charge in [-0.05, 0) is 40.2 Å².